The molecule has 0 saturated heterocycles. The lowest BCUT2D eigenvalue weighted by molar-refractivity contribution is -0.870. The molecule has 0 bridgehead atoms. The fourth-order valence-electron chi connectivity index (χ4n) is 10.2. The maximum Gasteiger partial charge on any atom is 0.472 e. The third-order valence-electron chi connectivity index (χ3n) is 15.7. The number of hydrogen-bond donors (Lipinski definition) is 2. The van der Waals surface area contributed by atoms with Gasteiger partial charge < -0.3 is 19.4 Å². The molecule has 0 aliphatic carbocycles. The zero-order chi connectivity index (χ0) is 60.0. The molecule has 480 valence electrons. The van der Waals surface area contributed by atoms with Gasteiger partial charge in [0, 0.05) is 12.8 Å². The van der Waals surface area contributed by atoms with Crippen LogP contribution in [0.4, 0.5) is 0 Å². The van der Waals surface area contributed by atoms with Crippen molar-refractivity contribution in [3.8, 4) is 0 Å². The highest BCUT2D eigenvalue weighted by molar-refractivity contribution is 7.47. The number of nitrogens with one attached hydrogen (secondary N) is 1. The summed E-state index contributed by atoms with van der Waals surface area (Å²) < 4.78 is 30.8. The number of ether oxygens (including phenoxy) is 1. The lowest BCUT2D eigenvalue weighted by Gasteiger charge is -2.27. The normalized spacial score (nSPS) is 13.9. The summed E-state index contributed by atoms with van der Waals surface area (Å²) in [6, 6.07) is -0.851. The summed E-state index contributed by atoms with van der Waals surface area (Å²) in [6.07, 6.45) is 79.4. The van der Waals surface area contributed by atoms with Crippen LogP contribution in [0.1, 0.15) is 335 Å². The molecular weight excluding hydrogens is 1040 g/mol. The molecule has 9 nitrogen and oxygen atoms in total. The van der Waals surface area contributed by atoms with E-state index in [-0.39, 0.29) is 31.5 Å². The van der Waals surface area contributed by atoms with Gasteiger partial charge in [-0.15, -0.1) is 0 Å². The summed E-state index contributed by atoms with van der Waals surface area (Å²) in [4.78, 5) is 37.9. The van der Waals surface area contributed by atoms with Crippen LogP contribution in [0, 0.1) is 0 Å². The Labute approximate surface area is 509 Å². The lowest BCUT2D eigenvalue weighted by atomic mass is 10.0. The van der Waals surface area contributed by atoms with Crippen molar-refractivity contribution in [2.75, 3.05) is 40.9 Å². The number of phosphoric acid groups is 1. The second-order valence-corrected chi connectivity index (χ2v) is 26.5. The first-order valence-corrected chi connectivity index (χ1v) is 36.6. The standard InChI is InChI=1S/C72H135N2O7P/c1-7-10-13-16-19-22-25-28-30-32-33-34-35-36-37-38-39-40-41-43-44-46-49-52-55-58-61-64-71(75)73-69(68-80-82(77,78)79-67-66-74(4,5)6)70(63-60-57-54-51-48-27-24-21-18-15-12-9-3)81-72(76)65-62-59-56-53-50-47-45-42-31-29-26-23-20-17-14-11-8-2/h19,22,28-31,33-34,60,63,69-70H,7-18,20-21,23-27,32,35-59,61-62,64-68H2,1-6H3,(H-,73,75,77,78)/p+1/b22-19-,30-28-,31-29+,34-33-,63-60-. The average Bonchev–Trinajstić information content (AvgIpc) is 3.47. The average molecular weight is 1170 g/mol. The minimum absolute atomic E-state index is 0.0397. The summed E-state index contributed by atoms with van der Waals surface area (Å²) in [5, 5.41) is 3.07. The Kier molecular flexibility index (Phi) is 60.1. The summed E-state index contributed by atoms with van der Waals surface area (Å²) >= 11 is 0. The van der Waals surface area contributed by atoms with Gasteiger partial charge in [0.15, 0.2) is 0 Å². The molecule has 0 aliphatic heterocycles. The molecule has 0 fully saturated rings. The number of nitrogens with zero attached hydrogens (tertiary/aromatic N) is 1. The summed E-state index contributed by atoms with van der Waals surface area (Å²) in [5.74, 6) is -0.499. The molecule has 3 unspecified atom stereocenters. The molecule has 0 saturated carbocycles. The van der Waals surface area contributed by atoms with Gasteiger partial charge in [0.2, 0.25) is 5.91 Å². The van der Waals surface area contributed by atoms with Crippen molar-refractivity contribution in [3.63, 3.8) is 0 Å². The van der Waals surface area contributed by atoms with Gasteiger partial charge in [-0.1, -0.05) is 287 Å². The Balaban J connectivity index is 5.03. The van der Waals surface area contributed by atoms with Gasteiger partial charge in [0.05, 0.1) is 33.8 Å². The van der Waals surface area contributed by atoms with E-state index >= 15 is 0 Å². The summed E-state index contributed by atoms with van der Waals surface area (Å²) in [7, 11) is 1.50. The van der Waals surface area contributed by atoms with Crippen molar-refractivity contribution in [1.29, 1.82) is 0 Å². The molecule has 0 aromatic carbocycles. The minimum atomic E-state index is -4.45. The number of esters is 1. The first-order valence-electron chi connectivity index (χ1n) is 35.1. The number of allylic oxidation sites excluding steroid dienone is 9. The molecule has 0 aliphatic rings. The van der Waals surface area contributed by atoms with Crippen LogP contribution >= 0.6 is 7.82 Å². The SMILES string of the molecule is CCCCC/C=C\C/C=C\C/C=C\CCCCCCCCCCCCCCCCC(=O)NC(COP(=O)(O)OCC[N+](C)(C)C)C(/C=C\CCCCCCCCCCCC)OC(=O)CCCCCCCCC/C=C/CCCCCCCC. The molecule has 0 spiro atoms. The molecule has 0 aromatic heterocycles. The van der Waals surface area contributed by atoms with E-state index in [4.69, 9.17) is 13.8 Å². The smallest absolute Gasteiger partial charge is 0.456 e. The van der Waals surface area contributed by atoms with E-state index in [9.17, 15) is 19.0 Å². The van der Waals surface area contributed by atoms with Crippen LogP contribution in [0.5, 0.6) is 0 Å². The summed E-state index contributed by atoms with van der Waals surface area (Å²) in [5.41, 5.74) is 0. The molecule has 82 heavy (non-hydrogen) atoms. The Morgan fingerprint density at radius 2 is 0.744 bits per heavy atom. The fourth-order valence-corrected chi connectivity index (χ4v) is 11.0. The van der Waals surface area contributed by atoms with Crippen LogP contribution < -0.4 is 5.32 Å². The monoisotopic (exact) mass is 1170 g/mol. The number of likely N-dealkylation sites (N-methyl/N-ethyl adjacent to an activating group) is 1. The van der Waals surface area contributed by atoms with Gasteiger partial charge in [-0.05, 0) is 96.0 Å². The third-order valence-corrected chi connectivity index (χ3v) is 16.7. The van der Waals surface area contributed by atoms with Gasteiger partial charge in [-0.2, -0.15) is 0 Å². The molecule has 10 heteroatoms. The number of quaternary nitrogens is 1. The summed E-state index contributed by atoms with van der Waals surface area (Å²) in [6.45, 7) is 7.01. The number of rotatable bonds is 64. The van der Waals surface area contributed by atoms with Gasteiger partial charge in [0.1, 0.15) is 19.3 Å². The molecule has 0 heterocycles. The number of unbranched alkanes of at least 4 members (excludes halogenated alkanes) is 40. The van der Waals surface area contributed by atoms with E-state index in [2.05, 4.69) is 74.7 Å². The van der Waals surface area contributed by atoms with Crippen LogP contribution in [0.25, 0.3) is 0 Å². The van der Waals surface area contributed by atoms with E-state index in [0.717, 1.165) is 70.6 Å². The number of phosphoric ester groups is 1. The Morgan fingerprint density at radius 3 is 1.15 bits per heavy atom. The molecule has 0 aromatic rings. The van der Waals surface area contributed by atoms with Crippen molar-refractivity contribution in [2.45, 2.75) is 348 Å². The molecule has 3 atom stereocenters. The van der Waals surface area contributed by atoms with Crippen molar-refractivity contribution in [1.82, 2.24) is 5.32 Å². The fraction of sp³-hybridized carbons (Fsp3) is 0.833. The van der Waals surface area contributed by atoms with Crippen LogP contribution in [0.2, 0.25) is 0 Å². The van der Waals surface area contributed by atoms with Crippen molar-refractivity contribution in [2.24, 2.45) is 0 Å². The van der Waals surface area contributed by atoms with Crippen LogP contribution in [0.3, 0.4) is 0 Å². The highest BCUT2D eigenvalue weighted by Crippen LogP contribution is 2.43. The highest BCUT2D eigenvalue weighted by Gasteiger charge is 2.30. The number of amides is 1. The van der Waals surface area contributed by atoms with Gasteiger partial charge >= 0.3 is 13.8 Å². The largest absolute Gasteiger partial charge is 0.472 e. The Morgan fingerprint density at radius 1 is 0.427 bits per heavy atom. The van der Waals surface area contributed by atoms with Gasteiger partial charge in [-0.25, -0.2) is 4.57 Å². The predicted octanol–water partition coefficient (Wildman–Crippen LogP) is 22.2. The predicted molar refractivity (Wildman–Crippen MR) is 355 cm³/mol. The maximum absolute atomic E-state index is 13.6. The molecule has 1 amide bonds. The second-order valence-electron chi connectivity index (χ2n) is 25.0. The van der Waals surface area contributed by atoms with E-state index in [1.165, 1.54) is 231 Å². The van der Waals surface area contributed by atoms with Crippen molar-refractivity contribution >= 4 is 19.7 Å². The van der Waals surface area contributed by atoms with Crippen molar-refractivity contribution < 1.29 is 37.3 Å². The van der Waals surface area contributed by atoms with Gasteiger partial charge in [0.25, 0.3) is 0 Å². The molecule has 2 N–H and O–H groups in total. The zero-order valence-corrected chi connectivity index (χ0v) is 55.9. The highest BCUT2D eigenvalue weighted by atomic mass is 31.2. The third kappa shape index (κ3) is 62.2. The van der Waals surface area contributed by atoms with Crippen molar-refractivity contribution in [3.05, 3.63) is 60.8 Å². The second kappa shape index (κ2) is 61.8. The van der Waals surface area contributed by atoms with E-state index < -0.39 is 20.0 Å². The van der Waals surface area contributed by atoms with Crippen LogP contribution in [0.15, 0.2) is 60.8 Å². The topological polar surface area (TPSA) is 111 Å². The Bertz CT molecular complexity index is 1590. The first-order chi connectivity index (χ1) is 39.9. The lowest BCUT2D eigenvalue weighted by Crippen LogP contribution is -2.47. The van der Waals surface area contributed by atoms with Gasteiger partial charge in [-0.3, -0.25) is 18.6 Å². The number of hydrogen-bond acceptors (Lipinski definition) is 6. The molecular formula is C72H136N2O7P+. The van der Waals surface area contributed by atoms with E-state index in [1.54, 1.807) is 0 Å². The zero-order valence-electron chi connectivity index (χ0n) is 55.0. The quantitative estimate of drug-likeness (QED) is 0.0205. The maximum atomic E-state index is 13.6. The minimum Gasteiger partial charge on any atom is -0.456 e. The van der Waals surface area contributed by atoms with E-state index in [0.29, 0.717) is 17.4 Å². The number of carbonyl (C=O) groups is 2. The van der Waals surface area contributed by atoms with Crippen LogP contribution in [-0.4, -0.2) is 74.3 Å². The van der Waals surface area contributed by atoms with E-state index in [1.807, 2.05) is 33.3 Å². The Hall–Kier alpha value is -2.29. The van der Waals surface area contributed by atoms with Crippen LogP contribution in [-0.2, 0) is 27.9 Å². The molecule has 0 rings (SSSR count). The first kappa shape index (κ1) is 79.7. The number of carbonyl (C=O) groups excluding carboxylic acids is 2. The molecule has 0 radical (unpaired) electrons.